The number of ether oxygens (including phenoxy) is 4. The fourth-order valence-corrected chi connectivity index (χ4v) is 5.19. The number of fused-ring (bicyclic) bond motifs is 3. The van der Waals surface area contributed by atoms with E-state index in [0.717, 1.165) is 21.8 Å². The molecule has 0 radical (unpaired) electrons. The Morgan fingerprint density at radius 1 is 0.426 bits per heavy atom. The van der Waals surface area contributed by atoms with Gasteiger partial charge in [-0.3, -0.25) is 4.57 Å². The SMILES string of the molecule is [2H]c1cc([2H])nc(-n2c3cc(Oc4cccc(Oc5ccccn5)c4)ccc3c3ccc(Oc4cccc(Oc5ccccn5)c4)cc32)n1. The highest BCUT2D eigenvalue weighted by Crippen LogP contribution is 2.38. The van der Waals surface area contributed by atoms with E-state index in [1.807, 2.05) is 102 Å². The monoisotopic (exact) mass is 617 g/mol. The molecule has 0 spiro atoms. The second kappa shape index (κ2) is 12.3. The molecule has 9 heteroatoms. The van der Waals surface area contributed by atoms with E-state index in [1.54, 1.807) is 36.7 Å². The van der Waals surface area contributed by atoms with Crippen molar-refractivity contribution in [3.8, 4) is 52.2 Å². The van der Waals surface area contributed by atoms with Gasteiger partial charge in [-0.1, -0.05) is 24.3 Å². The van der Waals surface area contributed by atoms with Crippen molar-refractivity contribution in [3.63, 3.8) is 0 Å². The van der Waals surface area contributed by atoms with Gasteiger partial charge in [-0.15, -0.1) is 0 Å². The fraction of sp³-hybridized carbons (Fsp3) is 0. The summed E-state index contributed by atoms with van der Waals surface area (Å²) >= 11 is 0. The van der Waals surface area contributed by atoms with Crippen LogP contribution in [0.1, 0.15) is 2.74 Å². The van der Waals surface area contributed by atoms with Crippen LogP contribution in [0, 0.1) is 0 Å². The maximum Gasteiger partial charge on any atom is 0.234 e. The molecule has 0 atom stereocenters. The van der Waals surface area contributed by atoms with Crippen LogP contribution in [-0.4, -0.2) is 24.5 Å². The Hall–Kier alpha value is -6.74. The molecule has 0 N–H and O–H groups in total. The van der Waals surface area contributed by atoms with Crippen LogP contribution in [0.25, 0.3) is 27.8 Å². The third kappa shape index (κ3) is 6.01. The maximum absolute atomic E-state index is 8.21. The number of pyridine rings is 2. The van der Waals surface area contributed by atoms with Crippen molar-refractivity contribution in [1.82, 2.24) is 24.5 Å². The van der Waals surface area contributed by atoms with Gasteiger partial charge in [0.2, 0.25) is 17.7 Å². The standard InChI is InChI=1S/C38H25N5O4/c1-3-18-39-36(12-1)46-28-10-5-8-26(22-28)44-30-14-16-32-33-17-15-31(25-35(33)43(34(32)24-30)38-41-20-7-21-42-38)45-27-9-6-11-29(23-27)47-37-13-2-4-19-40-37/h1-25H/i20D,21D. The van der Waals surface area contributed by atoms with Gasteiger partial charge in [0.15, 0.2) is 0 Å². The smallest absolute Gasteiger partial charge is 0.234 e. The molecular formula is C38H25N5O4. The van der Waals surface area contributed by atoms with E-state index in [4.69, 9.17) is 21.7 Å². The summed E-state index contributed by atoms with van der Waals surface area (Å²) in [5.74, 6) is 4.55. The number of rotatable bonds is 9. The fourth-order valence-electron chi connectivity index (χ4n) is 5.19. The summed E-state index contributed by atoms with van der Waals surface area (Å²) < 4.78 is 42.6. The number of benzene rings is 4. The average molecular weight is 618 g/mol. The van der Waals surface area contributed by atoms with Gasteiger partial charge >= 0.3 is 0 Å². The van der Waals surface area contributed by atoms with Gasteiger partial charge < -0.3 is 18.9 Å². The summed E-state index contributed by atoms with van der Waals surface area (Å²) in [4.78, 5) is 17.2. The van der Waals surface area contributed by atoms with E-state index in [-0.39, 0.29) is 18.3 Å². The number of hydrogen-bond acceptors (Lipinski definition) is 8. The van der Waals surface area contributed by atoms with Gasteiger partial charge in [0.25, 0.3) is 0 Å². The van der Waals surface area contributed by atoms with E-state index in [9.17, 15) is 0 Å². The highest BCUT2D eigenvalue weighted by atomic mass is 16.5. The van der Waals surface area contributed by atoms with Crippen LogP contribution < -0.4 is 18.9 Å². The summed E-state index contributed by atoms with van der Waals surface area (Å²) in [5.41, 5.74) is 1.45. The van der Waals surface area contributed by atoms with Crippen molar-refractivity contribution >= 4 is 21.8 Å². The number of hydrogen-bond donors (Lipinski definition) is 0. The molecule has 0 bridgehead atoms. The third-order valence-corrected chi connectivity index (χ3v) is 7.17. The minimum absolute atomic E-state index is 0.0701. The van der Waals surface area contributed by atoms with Gasteiger partial charge in [-0.2, -0.15) is 0 Å². The Bertz CT molecular complexity index is 2280. The number of nitrogens with zero attached hydrogens (tertiary/aromatic N) is 5. The molecule has 0 aliphatic rings. The molecule has 0 fully saturated rings. The Labute approximate surface area is 272 Å². The number of aromatic nitrogens is 5. The Morgan fingerprint density at radius 3 is 1.36 bits per heavy atom. The normalized spacial score (nSPS) is 11.6. The van der Waals surface area contributed by atoms with Crippen molar-refractivity contribution in [1.29, 1.82) is 0 Å². The van der Waals surface area contributed by atoms with Crippen molar-refractivity contribution in [3.05, 3.63) is 152 Å². The van der Waals surface area contributed by atoms with Crippen LogP contribution in [0.15, 0.2) is 152 Å². The molecule has 0 aliphatic carbocycles. The Kier molecular flexibility index (Phi) is 6.71. The van der Waals surface area contributed by atoms with Gasteiger partial charge in [-0.05, 0) is 66.7 Å². The minimum atomic E-state index is -0.0701. The van der Waals surface area contributed by atoms with Gasteiger partial charge in [-0.25, -0.2) is 19.9 Å². The van der Waals surface area contributed by atoms with E-state index in [2.05, 4.69) is 19.9 Å². The molecule has 0 unspecified atom stereocenters. The first kappa shape index (κ1) is 25.6. The lowest BCUT2D eigenvalue weighted by Gasteiger charge is -2.10. The molecular weight excluding hydrogens is 590 g/mol. The highest BCUT2D eigenvalue weighted by Gasteiger charge is 2.16. The summed E-state index contributed by atoms with van der Waals surface area (Å²) in [6, 6.07) is 38.2. The Morgan fingerprint density at radius 2 is 0.894 bits per heavy atom. The van der Waals surface area contributed by atoms with E-state index < -0.39 is 0 Å². The molecule has 226 valence electrons. The molecule has 47 heavy (non-hydrogen) atoms. The van der Waals surface area contributed by atoms with E-state index in [0.29, 0.717) is 46.3 Å². The van der Waals surface area contributed by atoms with Crippen LogP contribution in [-0.2, 0) is 0 Å². The molecule has 0 saturated carbocycles. The Balaban J connectivity index is 1.16. The predicted molar refractivity (Wildman–Crippen MR) is 178 cm³/mol. The van der Waals surface area contributed by atoms with Crippen LogP contribution in [0.3, 0.4) is 0 Å². The van der Waals surface area contributed by atoms with Crippen molar-refractivity contribution in [2.24, 2.45) is 0 Å². The quantitative estimate of drug-likeness (QED) is 0.158. The maximum atomic E-state index is 8.21. The lowest BCUT2D eigenvalue weighted by atomic mass is 10.1. The summed E-state index contributed by atoms with van der Waals surface area (Å²) in [6.45, 7) is 0. The molecule has 4 aromatic carbocycles. The van der Waals surface area contributed by atoms with Gasteiger partial charge in [0.1, 0.15) is 34.5 Å². The lowest BCUT2D eigenvalue weighted by molar-refractivity contribution is 0.448. The van der Waals surface area contributed by atoms with Crippen molar-refractivity contribution in [2.45, 2.75) is 0 Å². The van der Waals surface area contributed by atoms with Gasteiger partial charge in [0, 0.05) is 71.9 Å². The molecule has 8 rings (SSSR count). The van der Waals surface area contributed by atoms with Crippen LogP contribution in [0.2, 0.25) is 0 Å². The van der Waals surface area contributed by atoms with Crippen molar-refractivity contribution < 1.29 is 21.7 Å². The second-order valence-electron chi connectivity index (χ2n) is 10.3. The van der Waals surface area contributed by atoms with E-state index >= 15 is 0 Å². The van der Waals surface area contributed by atoms with Crippen LogP contribution in [0.4, 0.5) is 0 Å². The average Bonchev–Trinajstić information content (AvgIpc) is 3.42. The van der Waals surface area contributed by atoms with E-state index in [1.165, 1.54) is 6.07 Å². The summed E-state index contributed by atoms with van der Waals surface area (Å²) in [6.07, 6.45) is 3.19. The first-order valence-electron chi connectivity index (χ1n) is 15.7. The summed E-state index contributed by atoms with van der Waals surface area (Å²) in [5, 5.41) is 1.80. The zero-order chi connectivity index (χ0) is 33.2. The topological polar surface area (TPSA) is 93.4 Å². The van der Waals surface area contributed by atoms with Crippen molar-refractivity contribution in [2.75, 3.05) is 0 Å². The second-order valence-corrected chi connectivity index (χ2v) is 10.3. The first-order chi connectivity index (χ1) is 24.0. The van der Waals surface area contributed by atoms with Crippen LogP contribution in [0.5, 0.6) is 46.3 Å². The third-order valence-electron chi connectivity index (χ3n) is 7.17. The highest BCUT2D eigenvalue weighted by molar-refractivity contribution is 6.09. The first-order valence-corrected chi connectivity index (χ1v) is 14.7. The lowest BCUT2D eigenvalue weighted by Crippen LogP contribution is -2.00. The molecule has 4 aromatic heterocycles. The molecule has 9 nitrogen and oxygen atoms in total. The predicted octanol–water partition coefficient (Wildman–Crippen LogP) is 9.53. The zero-order valence-electron chi connectivity index (χ0n) is 26.6. The molecule has 8 aromatic rings. The van der Waals surface area contributed by atoms with Crippen LogP contribution >= 0.6 is 0 Å². The zero-order valence-corrected chi connectivity index (χ0v) is 24.6. The largest absolute Gasteiger partial charge is 0.457 e. The van der Waals surface area contributed by atoms with Gasteiger partial charge in [0.05, 0.1) is 13.8 Å². The minimum Gasteiger partial charge on any atom is -0.457 e. The molecule has 0 aliphatic heterocycles. The summed E-state index contributed by atoms with van der Waals surface area (Å²) in [7, 11) is 0. The molecule has 4 heterocycles. The molecule has 0 amide bonds. The molecule has 0 saturated heterocycles.